The fraction of sp³-hybridized carbons (Fsp3) is 0.409. The van der Waals surface area contributed by atoms with E-state index in [-0.39, 0.29) is 0 Å². The molecule has 3 heteroatoms. The highest BCUT2D eigenvalue weighted by atomic mass is 16.2. The van der Waals surface area contributed by atoms with E-state index in [0.29, 0.717) is 18.2 Å². The van der Waals surface area contributed by atoms with E-state index >= 15 is 0 Å². The summed E-state index contributed by atoms with van der Waals surface area (Å²) in [6.45, 7) is 2.59. The summed E-state index contributed by atoms with van der Waals surface area (Å²) in [6.07, 6.45) is 3.97. The first-order chi connectivity index (χ1) is 12.2. The molecule has 1 amide bonds. The van der Waals surface area contributed by atoms with E-state index in [1.165, 1.54) is 5.56 Å². The smallest absolute Gasteiger partial charge is 0.224 e. The Hall–Kier alpha value is -2.29. The monoisotopic (exact) mass is 336 g/mol. The number of hydrogen-bond acceptors (Lipinski definition) is 2. The lowest BCUT2D eigenvalue weighted by Crippen LogP contribution is -2.40. The molecule has 0 atom stereocenters. The van der Waals surface area contributed by atoms with Gasteiger partial charge in [0.15, 0.2) is 0 Å². The first kappa shape index (κ1) is 17.5. The maximum absolute atomic E-state index is 12.5. The highest BCUT2D eigenvalue weighted by Gasteiger charge is 2.22. The lowest BCUT2D eigenvalue weighted by Gasteiger charge is -2.32. The van der Waals surface area contributed by atoms with Gasteiger partial charge in [0.2, 0.25) is 5.91 Å². The minimum absolute atomic E-state index is 0.293. The van der Waals surface area contributed by atoms with Gasteiger partial charge in [-0.1, -0.05) is 48.5 Å². The molecule has 2 aromatic carbocycles. The average molecular weight is 336 g/mol. The molecular weight excluding hydrogens is 308 g/mol. The van der Waals surface area contributed by atoms with Gasteiger partial charge in [-0.3, -0.25) is 4.79 Å². The third-order valence-corrected chi connectivity index (χ3v) is 5.19. The first-order valence-corrected chi connectivity index (χ1v) is 9.30. The van der Waals surface area contributed by atoms with E-state index < -0.39 is 0 Å². The Bertz CT molecular complexity index is 648. The van der Waals surface area contributed by atoms with E-state index in [0.717, 1.165) is 44.6 Å². The number of amides is 1. The summed E-state index contributed by atoms with van der Waals surface area (Å²) in [4.78, 5) is 16.7. The van der Waals surface area contributed by atoms with Gasteiger partial charge in [0.1, 0.15) is 0 Å². The molecule has 132 valence electrons. The number of rotatable bonds is 6. The van der Waals surface area contributed by atoms with Crippen LogP contribution in [0.3, 0.4) is 0 Å². The Morgan fingerprint density at radius 3 is 2.24 bits per heavy atom. The Balaban J connectivity index is 1.41. The lowest BCUT2D eigenvalue weighted by atomic mass is 9.90. The molecule has 1 heterocycles. The standard InChI is InChI=1S/C22H28N2O/c1-23(21-10-6-3-7-11-21)15-14-22(25)24-16-12-20(13-17-24)18-19-8-4-2-5-9-19/h2-11,20H,12-18H2,1H3. The van der Waals surface area contributed by atoms with Crippen LogP contribution in [0.4, 0.5) is 5.69 Å². The van der Waals surface area contributed by atoms with Crippen molar-refractivity contribution in [1.29, 1.82) is 0 Å². The van der Waals surface area contributed by atoms with Gasteiger partial charge >= 0.3 is 0 Å². The first-order valence-electron chi connectivity index (χ1n) is 9.30. The summed E-state index contributed by atoms with van der Waals surface area (Å²) in [5, 5.41) is 0. The van der Waals surface area contributed by atoms with Crippen molar-refractivity contribution in [3.05, 3.63) is 66.2 Å². The van der Waals surface area contributed by atoms with Crippen LogP contribution in [-0.2, 0) is 11.2 Å². The highest BCUT2D eigenvalue weighted by Crippen LogP contribution is 2.22. The van der Waals surface area contributed by atoms with Crippen molar-refractivity contribution in [2.45, 2.75) is 25.7 Å². The summed E-state index contributed by atoms with van der Waals surface area (Å²) < 4.78 is 0. The fourth-order valence-electron chi connectivity index (χ4n) is 3.57. The molecule has 1 aliphatic heterocycles. The van der Waals surface area contributed by atoms with Crippen LogP contribution >= 0.6 is 0 Å². The van der Waals surface area contributed by atoms with Crippen molar-refractivity contribution in [3.63, 3.8) is 0 Å². The quantitative estimate of drug-likeness (QED) is 0.796. The van der Waals surface area contributed by atoms with Crippen LogP contribution in [0.1, 0.15) is 24.8 Å². The normalized spacial score (nSPS) is 15.2. The molecule has 1 aliphatic rings. The van der Waals surface area contributed by atoms with Crippen molar-refractivity contribution in [2.24, 2.45) is 5.92 Å². The number of nitrogens with zero attached hydrogens (tertiary/aromatic N) is 2. The van der Waals surface area contributed by atoms with E-state index in [2.05, 4.69) is 59.3 Å². The van der Waals surface area contributed by atoms with Crippen LogP contribution < -0.4 is 4.90 Å². The zero-order chi connectivity index (χ0) is 17.5. The van der Waals surface area contributed by atoms with E-state index in [4.69, 9.17) is 0 Å². The largest absolute Gasteiger partial charge is 0.374 e. The number of anilines is 1. The van der Waals surface area contributed by atoms with Crippen molar-refractivity contribution in [2.75, 3.05) is 31.6 Å². The zero-order valence-electron chi connectivity index (χ0n) is 15.1. The molecule has 3 nitrogen and oxygen atoms in total. The molecule has 1 fully saturated rings. The Morgan fingerprint density at radius 2 is 1.60 bits per heavy atom. The molecule has 0 saturated carbocycles. The number of carbonyl (C=O) groups excluding carboxylic acids is 1. The topological polar surface area (TPSA) is 23.6 Å². The second kappa shape index (κ2) is 8.70. The highest BCUT2D eigenvalue weighted by molar-refractivity contribution is 5.76. The Labute approximate surface area is 151 Å². The molecule has 0 N–H and O–H groups in total. The molecule has 0 aromatic heterocycles. The van der Waals surface area contributed by atoms with Crippen LogP contribution in [-0.4, -0.2) is 37.5 Å². The van der Waals surface area contributed by atoms with Crippen LogP contribution in [0, 0.1) is 5.92 Å². The number of carbonyl (C=O) groups is 1. The third-order valence-electron chi connectivity index (χ3n) is 5.19. The van der Waals surface area contributed by atoms with Crippen LogP contribution in [0.2, 0.25) is 0 Å². The summed E-state index contributed by atoms with van der Waals surface area (Å²) in [7, 11) is 2.05. The molecule has 0 radical (unpaired) electrons. The maximum Gasteiger partial charge on any atom is 0.224 e. The number of hydrogen-bond donors (Lipinski definition) is 0. The summed E-state index contributed by atoms with van der Waals surface area (Å²) >= 11 is 0. The molecule has 0 unspecified atom stereocenters. The molecule has 0 aliphatic carbocycles. The van der Waals surface area contributed by atoms with Crippen molar-refractivity contribution in [1.82, 2.24) is 4.90 Å². The minimum atomic E-state index is 0.293. The number of likely N-dealkylation sites (tertiary alicyclic amines) is 1. The van der Waals surface area contributed by atoms with Gasteiger partial charge < -0.3 is 9.80 Å². The van der Waals surface area contributed by atoms with Gasteiger partial charge in [-0.2, -0.15) is 0 Å². The SMILES string of the molecule is CN(CCC(=O)N1CCC(Cc2ccccc2)CC1)c1ccccc1. The second-order valence-electron chi connectivity index (χ2n) is 7.02. The predicted octanol–water partition coefficient (Wildman–Crippen LogP) is 3.99. The molecule has 0 bridgehead atoms. The van der Waals surface area contributed by atoms with E-state index in [9.17, 15) is 4.79 Å². The van der Waals surface area contributed by atoms with Crippen LogP contribution in [0.5, 0.6) is 0 Å². The summed E-state index contributed by atoms with van der Waals surface area (Å²) in [6, 6.07) is 20.9. The van der Waals surface area contributed by atoms with Gasteiger partial charge in [-0.05, 0) is 42.9 Å². The van der Waals surface area contributed by atoms with E-state index in [1.807, 2.05) is 18.2 Å². The fourth-order valence-corrected chi connectivity index (χ4v) is 3.57. The molecule has 3 rings (SSSR count). The minimum Gasteiger partial charge on any atom is -0.374 e. The van der Waals surface area contributed by atoms with Gasteiger partial charge in [0, 0.05) is 38.8 Å². The molecular formula is C22H28N2O. The zero-order valence-corrected chi connectivity index (χ0v) is 15.1. The maximum atomic E-state index is 12.5. The Kier molecular flexibility index (Phi) is 6.10. The Morgan fingerprint density at radius 1 is 1.00 bits per heavy atom. The predicted molar refractivity (Wildman–Crippen MR) is 104 cm³/mol. The summed E-state index contributed by atoms with van der Waals surface area (Å²) in [5.74, 6) is 0.999. The second-order valence-corrected chi connectivity index (χ2v) is 7.02. The van der Waals surface area contributed by atoms with Gasteiger partial charge in [-0.15, -0.1) is 0 Å². The summed E-state index contributed by atoms with van der Waals surface area (Å²) in [5.41, 5.74) is 2.58. The van der Waals surface area contributed by atoms with Crippen molar-refractivity contribution in [3.8, 4) is 0 Å². The van der Waals surface area contributed by atoms with Crippen LogP contribution in [0.25, 0.3) is 0 Å². The number of para-hydroxylation sites is 1. The van der Waals surface area contributed by atoms with E-state index in [1.54, 1.807) is 0 Å². The molecule has 0 spiro atoms. The molecule has 2 aromatic rings. The lowest BCUT2D eigenvalue weighted by molar-refractivity contribution is -0.132. The molecule has 1 saturated heterocycles. The van der Waals surface area contributed by atoms with Gasteiger partial charge in [0.25, 0.3) is 0 Å². The van der Waals surface area contributed by atoms with Gasteiger partial charge in [-0.25, -0.2) is 0 Å². The molecule has 25 heavy (non-hydrogen) atoms. The van der Waals surface area contributed by atoms with Crippen LogP contribution in [0.15, 0.2) is 60.7 Å². The van der Waals surface area contributed by atoms with Crippen molar-refractivity contribution >= 4 is 11.6 Å². The number of benzene rings is 2. The number of piperidine rings is 1. The average Bonchev–Trinajstić information content (AvgIpc) is 2.68. The van der Waals surface area contributed by atoms with Crippen molar-refractivity contribution < 1.29 is 4.79 Å². The van der Waals surface area contributed by atoms with Gasteiger partial charge in [0.05, 0.1) is 0 Å². The third kappa shape index (κ3) is 5.09.